The second-order valence-electron chi connectivity index (χ2n) is 3.87. The number of rotatable bonds is 3. The summed E-state index contributed by atoms with van der Waals surface area (Å²) in [5.41, 5.74) is 6.90. The van der Waals surface area contributed by atoms with Crippen LogP contribution < -0.4 is 5.73 Å². The molecule has 0 aliphatic rings. The number of hydrogen-bond acceptors (Lipinski definition) is 3. The smallest absolute Gasteiger partial charge is 0.0972 e. The van der Waals surface area contributed by atoms with Gasteiger partial charge in [-0.2, -0.15) is 0 Å². The minimum absolute atomic E-state index is 0.0371. The van der Waals surface area contributed by atoms with Crippen LogP contribution >= 0.6 is 34.5 Å². The van der Waals surface area contributed by atoms with Crippen molar-refractivity contribution in [1.29, 1.82) is 0 Å². The zero-order valence-electron chi connectivity index (χ0n) is 9.28. The molecule has 0 bridgehead atoms. The first kappa shape index (κ1) is 12.8. The fourth-order valence-electron chi connectivity index (χ4n) is 1.44. The molecule has 0 saturated carbocycles. The molecule has 1 heterocycles. The largest absolute Gasteiger partial charge is 0.323 e. The Morgan fingerprint density at radius 3 is 2.71 bits per heavy atom. The SMILES string of the molecule is CC(N)c1cnc(Cc2ccc(Cl)c(Cl)c2)s1. The normalized spacial score (nSPS) is 12.7. The van der Waals surface area contributed by atoms with Crippen molar-refractivity contribution in [3.05, 3.63) is 49.9 Å². The van der Waals surface area contributed by atoms with Gasteiger partial charge in [0.2, 0.25) is 0 Å². The lowest BCUT2D eigenvalue weighted by molar-refractivity contribution is 0.835. The predicted molar refractivity (Wildman–Crippen MR) is 74.0 cm³/mol. The van der Waals surface area contributed by atoms with Gasteiger partial charge in [0.05, 0.1) is 15.1 Å². The van der Waals surface area contributed by atoms with Gasteiger partial charge in [-0.3, -0.25) is 0 Å². The Morgan fingerprint density at radius 2 is 2.12 bits per heavy atom. The first-order chi connectivity index (χ1) is 8.06. The Hall–Kier alpha value is -0.610. The third kappa shape index (κ3) is 3.19. The lowest BCUT2D eigenvalue weighted by Crippen LogP contribution is -2.01. The highest BCUT2D eigenvalue weighted by Gasteiger charge is 2.07. The maximum Gasteiger partial charge on any atom is 0.0972 e. The van der Waals surface area contributed by atoms with Crippen LogP contribution in [0.2, 0.25) is 10.0 Å². The van der Waals surface area contributed by atoms with Crippen molar-refractivity contribution in [2.24, 2.45) is 5.73 Å². The minimum atomic E-state index is 0.0371. The number of hydrogen-bond donors (Lipinski definition) is 1. The molecule has 2 rings (SSSR count). The molecule has 1 atom stereocenters. The molecule has 0 spiro atoms. The Labute approximate surface area is 114 Å². The molecule has 1 unspecified atom stereocenters. The fraction of sp³-hybridized carbons (Fsp3) is 0.250. The highest BCUT2D eigenvalue weighted by molar-refractivity contribution is 7.11. The molecule has 0 saturated heterocycles. The highest BCUT2D eigenvalue weighted by atomic mass is 35.5. The summed E-state index contributed by atoms with van der Waals surface area (Å²) in [4.78, 5) is 5.44. The second kappa shape index (κ2) is 5.36. The molecule has 17 heavy (non-hydrogen) atoms. The Kier molecular flexibility index (Phi) is 4.05. The molecular formula is C12H12Cl2N2S. The van der Waals surface area contributed by atoms with Gasteiger partial charge >= 0.3 is 0 Å². The van der Waals surface area contributed by atoms with E-state index < -0.39 is 0 Å². The van der Waals surface area contributed by atoms with Crippen LogP contribution in [0.5, 0.6) is 0 Å². The first-order valence-corrected chi connectivity index (χ1v) is 6.77. The van der Waals surface area contributed by atoms with Crippen LogP contribution in [0.25, 0.3) is 0 Å². The number of nitrogens with zero attached hydrogens (tertiary/aromatic N) is 1. The third-order valence-corrected chi connectivity index (χ3v) is 4.30. The molecule has 1 aromatic carbocycles. The minimum Gasteiger partial charge on any atom is -0.323 e. The van der Waals surface area contributed by atoms with Gasteiger partial charge < -0.3 is 5.73 Å². The van der Waals surface area contributed by atoms with Gasteiger partial charge in [-0.25, -0.2) is 4.98 Å². The summed E-state index contributed by atoms with van der Waals surface area (Å²) in [5, 5.41) is 2.19. The summed E-state index contributed by atoms with van der Waals surface area (Å²) in [6, 6.07) is 5.67. The lowest BCUT2D eigenvalue weighted by atomic mass is 10.2. The summed E-state index contributed by atoms with van der Waals surface area (Å²) in [6.07, 6.45) is 2.59. The van der Waals surface area contributed by atoms with Gasteiger partial charge in [-0.1, -0.05) is 29.3 Å². The monoisotopic (exact) mass is 286 g/mol. The molecule has 2 nitrogen and oxygen atoms in total. The summed E-state index contributed by atoms with van der Waals surface area (Å²) in [6.45, 7) is 1.95. The third-order valence-electron chi connectivity index (χ3n) is 2.36. The molecule has 5 heteroatoms. The lowest BCUT2D eigenvalue weighted by Gasteiger charge is -2.01. The van der Waals surface area contributed by atoms with Crippen LogP contribution in [0.15, 0.2) is 24.4 Å². The Morgan fingerprint density at radius 1 is 1.35 bits per heavy atom. The maximum absolute atomic E-state index is 5.97. The number of halogens is 2. The van der Waals surface area contributed by atoms with Crippen LogP contribution in [-0.4, -0.2) is 4.98 Å². The zero-order valence-corrected chi connectivity index (χ0v) is 11.6. The number of aromatic nitrogens is 1. The van der Waals surface area contributed by atoms with Gasteiger partial charge in [-0.05, 0) is 24.6 Å². The van der Waals surface area contributed by atoms with Crippen LogP contribution in [0, 0.1) is 0 Å². The molecular weight excluding hydrogens is 275 g/mol. The van der Waals surface area contributed by atoms with E-state index in [4.69, 9.17) is 28.9 Å². The maximum atomic E-state index is 5.97. The van der Waals surface area contributed by atoms with E-state index in [1.54, 1.807) is 17.4 Å². The van der Waals surface area contributed by atoms with E-state index in [0.717, 1.165) is 21.9 Å². The van der Waals surface area contributed by atoms with Crippen LogP contribution in [-0.2, 0) is 6.42 Å². The van der Waals surface area contributed by atoms with Gasteiger partial charge in [0.1, 0.15) is 0 Å². The van der Waals surface area contributed by atoms with E-state index >= 15 is 0 Å². The molecule has 90 valence electrons. The van der Waals surface area contributed by atoms with Gasteiger partial charge in [0.25, 0.3) is 0 Å². The average molecular weight is 287 g/mol. The molecule has 0 aliphatic heterocycles. The molecule has 0 fully saturated rings. The second-order valence-corrected chi connectivity index (χ2v) is 5.83. The van der Waals surface area contributed by atoms with Crippen molar-refractivity contribution >= 4 is 34.5 Å². The molecule has 1 aromatic heterocycles. The molecule has 0 aliphatic carbocycles. The van der Waals surface area contributed by atoms with Crippen molar-refractivity contribution in [2.45, 2.75) is 19.4 Å². The molecule has 0 amide bonds. The fourth-order valence-corrected chi connectivity index (χ4v) is 2.67. The van der Waals surface area contributed by atoms with Crippen molar-refractivity contribution in [3.63, 3.8) is 0 Å². The summed E-state index contributed by atoms with van der Waals surface area (Å²) in [7, 11) is 0. The van der Waals surface area contributed by atoms with E-state index in [-0.39, 0.29) is 6.04 Å². The molecule has 2 N–H and O–H groups in total. The Balaban J connectivity index is 2.16. The summed E-state index contributed by atoms with van der Waals surface area (Å²) in [5.74, 6) is 0. The van der Waals surface area contributed by atoms with Gasteiger partial charge in [0.15, 0.2) is 0 Å². The highest BCUT2D eigenvalue weighted by Crippen LogP contribution is 2.25. The molecule has 0 radical (unpaired) electrons. The van der Waals surface area contributed by atoms with Gasteiger partial charge in [-0.15, -0.1) is 11.3 Å². The summed E-state index contributed by atoms with van der Waals surface area (Å²) < 4.78 is 0. The molecule has 2 aromatic rings. The van der Waals surface area contributed by atoms with E-state index in [0.29, 0.717) is 10.0 Å². The first-order valence-electron chi connectivity index (χ1n) is 5.20. The van der Waals surface area contributed by atoms with Crippen LogP contribution in [0.3, 0.4) is 0 Å². The van der Waals surface area contributed by atoms with Crippen molar-refractivity contribution in [2.75, 3.05) is 0 Å². The van der Waals surface area contributed by atoms with Crippen molar-refractivity contribution < 1.29 is 0 Å². The summed E-state index contributed by atoms with van der Waals surface area (Å²) >= 11 is 13.5. The van der Waals surface area contributed by atoms with Crippen molar-refractivity contribution in [1.82, 2.24) is 4.98 Å². The van der Waals surface area contributed by atoms with E-state index in [2.05, 4.69) is 4.98 Å². The topological polar surface area (TPSA) is 38.9 Å². The van der Waals surface area contributed by atoms with Crippen LogP contribution in [0.1, 0.15) is 28.4 Å². The number of thiazole rings is 1. The Bertz CT molecular complexity index is 523. The average Bonchev–Trinajstić information content (AvgIpc) is 2.72. The zero-order chi connectivity index (χ0) is 12.4. The standard InChI is InChI=1S/C12H12Cl2N2S/c1-7(15)11-6-16-12(17-11)5-8-2-3-9(13)10(14)4-8/h2-4,6-7H,5,15H2,1H3. The quantitative estimate of drug-likeness (QED) is 0.924. The predicted octanol–water partition coefficient (Wildman–Crippen LogP) is 4.06. The van der Waals surface area contributed by atoms with Crippen molar-refractivity contribution in [3.8, 4) is 0 Å². The van der Waals surface area contributed by atoms with Crippen LogP contribution in [0.4, 0.5) is 0 Å². The number of nitrogens with two attached hydrogens (primary N) is 1. The van der Waals surface area contributed by atoms with E-state index in [1.807, 2.05) is 25.3 Å². The number of benzene rings is 1. The van der Waals surface area contributed by atoms with E-state index in [9.17, 15) is 0 Å². The van der Waals surface area contributed by atoms with E-state index in [1.165, 1.54) is 0 Å². The van der Waals surface area contributed by atoms with Gasteiger partial charge in [0, 0.05) is 23.5 Å².